The molecule has 31 heavy (non-hydrogen) atoms. The third-order valence-corrected chi connectivity index (χ3v) is 5.16. The molecule has 4 rings (SSSR count). The van der Waals surface area contributed by atoms with Crippen molar-refractivity contribution >= 4 is 40.6 Å². The van der Waals surface area contributed by atoms with Crippen molar-refractivity contribution in [2.45, 2.75) is 20.0 Å². The number of hydrogen-bond donors (Lipinski definition) is 2. The zero-order valence-electron chi connectivity index (χ0n) is 16.7. The van der Waals surface area contributed by atoms with Crippen molar-refractivity contribution in [3.05, 3.63) is 94.5 Å². The van der Waals surface area contributed by atoms with E-state index in [1.165, 1.54) is 23.3 Å². The molecule has 0 atom stereocenters. The zero-order chi connectivity index (χ0) is 21.8. The number of nitrogens with zero attached hydrogens (tertiary/aromatic N) is 4. The van der Waals surface area contributed by atoms with Crippen LogP contribution in [0, 0.1) is 12.7 Å². The molecule has 0 aliphatic carbocycles. The van der Waals surface area contributed by atoms with Gasteiger partial charge in [-0.05, 0) is 48.0 Å². The molecule has 0 saturated heterocycles. The monoisotopic (exact) mass is 454 g/mol. The molecule has 0 spiro atoms. The lowest BCUT2D eigenvalue weighted by Gasteiger charge is -2.07. The molecule has 0 amide bonds. The maximum atomic E-state index is 13.1. The van der Waals surface area contributed by atoms with Crippen LogP contribution in [-0.2, 0) is 13.1 Å². The van der Waals surface area contributed by atoms with E-state index in [2.05, 4.69) is 39.9 Å². The molecular weight excluding hydrogens is 435 g/mol. The third-order valence-electron chi connectivity index (χ3n) is 4.68. The molecule has 0 unspecified atom stereocenters. The number of thiocarbonyl (C=S) groups is 1. The Morgan fingerprint density at radius 2 is 1.77 bits per heavy atom. The first-order valence-electron chi connectivity index (χ1n) is 9.59. The van der Waals surface area contributed by atoms with Crippen LogP contribution in [0.15, 0.2) is 67.0 Å². The van der Waals surface area contributed by atoms with Crippen LogP contribution in [0.3, 0.4) is 0 Å². The van der Waals surface area contributed by atoms with Gasteiger partial charge in [0.1, 0.15) is 10.8 Å². The first-order valence-corrected chi connectivity index (χ1v) is 10.4. The fraction of sp³-hybridized carbons (Fsp3) is 0.136. The third kappa shape index (κ3) is 5.48. The molecule has 0 aliphatic rings. The van der Waals surface area contributed by atoms with E-state index in [1.807, 2.05) is 29.1 Å². The van der Waals surface area contributed by atoms with Gasteiger partial charge in [0.05, 0.1) is 13.1 Å². The van der Waals surface area contributed by atoms with Gasteiger partial charge in [0.25, 0.3) is 0 Å². The molecule has 0 fully saturated rings. The number of halogens is 2. The molecule has 2 aromatic heterocycles. The van der Waals surface area contributed by atoms with Crippen LogP contribution in [0.5, 0.6) is 0 Å². The van der Waals surface area contributed by atoms with Crippen LogP contribution < -0.4 is 10.6 Å². The highest BCUT2D eigenvalue weighted by molar-refractivity contribution is 7.80. The zero-order valence-corrected chi connectivity index (χ0v) is 18.3. The van der Waals surface area contributed by atoms with Gasteiger partial charge in [-0.1, -0.05) is 48.0 Å². The van der Waals surface area contributed by atoms with Gasteiger partial charge in [-0.25, -0.2) is 4.39 Å². The fourth-order valence-electron chi connectivity index (χ4n) is 3.07. The summed E-state index contributed by atoms with van der Waals surface area (Å²) in [6.45, 7) is 3.22. The Kier molecular flexibility index (Phi) is 6.29. The van der Waals surface area contributed by atoms with E-state index in [4.69, 9.17) is 23.8 Å². The van der Waals surface area contributed by atoms with Crippen LogP contribution >= 0.6 is 23.8 Å². The van der Waals surface area contributed by atoms with Crippen molar-refractivity contribution in [2.24, 2.45) is 0 Å². The van der Waals surface area contributed by atoms with Gasteiger partial charge in [0, 0.05) is 18.5 Å². The Balaban J connectivity index is 1.36. The Morgan fingerprint density at radius 1 is 1.00 bits per heavy atom. The van der Waals surface area contributed by atoms with Crippen molar-refractivity contribution in [2.75, 3.05) is 10.6 Å². The average Bonchev–Trinajstić information content (AvgIpc) is 3.31. The number of nitrogens with one attached hydrogen (secondary N) is 2. The van der Waals surface area contributed by atoms with Gasteiger partial charge >= 0.3 is 0 Å². The number of rotatable bonds is 6. The normalized spacial score (nSPS) is 10.8. The molecule has 0 bridgehead atoms. The second-order valence-corrected chi connectivity index (χ2v) is 7.87. The van der Waals surface area contributed by atoms with Gasteiger partial charge < -0.3 is 10.6 Å². The van der Waals surface area contributed by atoms with Crippen LogP contribution in [0.1, 0.15) is 16.7 Å². The SMILES string of the molecule is Cc1ccccc1Cn1ccc(NC(=S)Nc2nn(Cc3ccc(F)cc3)cc2Cl)n1. The molecule has 2 aromatic carbocycles. The summed E-state index contributed by atoms with van der Waals surface area (Å²) in [6, 6.07) is 16.3. The lowest BCUT2D eigenvalue weighted by molar-refractivity contribution is 0.624. The predicted molar refractivity (Wildman–Crippen MR) is 125 cm³/mol. The van der Waals surface area contributed by atoms with Gasteiger partial charge in [-0.15, -0.1) is 0 Å². The van der Waals surface area contributed by atoms with E-state index in [-0.39, 0.29) is 5.82 Å². The average molecular weight is 455 g/mol. The minimum absolute atomic E-state index is 0.276. The summed E-state index contributed by atoms with van der Waals surface area (Å²) < 4.78 is 16.6. The highest BCUT2D eigenvalue weighted by atomic mass is 35.5. The number of hydrogen-bond acceptors (Lipinski definition) is 3. The van der Waals surface area contributed by atoms with Crippen molar-refractivity contribution in [1.29, 1.82) is 0 Å². The number of aromatic nitrogens is 4. The van der Waals surface area contributed by atoms with Gasteiger partial charge in [0.15, 0.2) is 16.7 Å². The quantitative estimate of drug-likeness (QED) is 0.397. The van der Waals surface area contributed by atoms with E-state index in [1.54, 1.807) is 23.0 Å². The van der Waals surface area contributed by atoms with E-state index in [0.717, 1.165) is 5.56 Å². The molecule has 6 nitrogen and oxygen atoms in total. The van der Waals surface area contributed by atoms with E-state index >= 15 is 0 Å². The fourth-order valence-corrected chi connectivity index (χ4v) is 3.47. The molecule has 2 N–H and O–H groups in total. The summed E-state index contributed by atoms with van der Waals surface area (Å²) in [5.41, 5.74) is 3.33. The summed E-state index contributed by atoms with van der Waals surface area (Å²) in [6.07, 6.45) is 3.58. The van der Waals surface area contributed by atoms with Crippen molar-refractivity contribution in [3.8, 4) is 0 Å². The standard InChI is InChI=1S/C22H20ClFN6S/c1-15-4-2-3-5-17(15)13-29-11-10-20(27-29)25-22(31)26-21-19(23)14-30(28-21)12-16-6-8-18(24)9-7-16/h2-11,14H,12-13H2,1H3,(H2,25,26,27,28,31). The summed E-state index contributed by atoms with van der Waals surface area (Å²) in [5, 5.41) is 15.7. The van der Waals surface area contributed by atoms with E-state index < -0.39 is 0 Å². The molecular formula is C22H20ClFN6S. The summed E-state index contributed by atoms with van der Waals surface area (Å²) in [7, 11) is 0. The van der Waals surface area contributed by atoms with Crippen molar-refractivity contribution < 1.29 is 4.39 Å². The first kappa shape index (κ1) is 21.0. The Bertz CT molecular complexity index is 1200. The van der Waals surface area contributed by atoms with Crippen molar-refractivity contribution in [3.63, 3.8) is 0 Å². The smallest absolute Gasteiger partial charge is 0.177 e. The largest absolute Gasteiger partial charge is 0.316 e. The second-order valence-electron chi connectivity index (χ2n) is 7.05. The van der Waals surface area contributed by atoms with Gasteiger partial charge in [-0.3, -0.25) is 9.36 Å². The van der Waals surface area contributed by atoms with Crippen LogP contribution in [0.4, 0.5) is 16.0 Å². The second kappa shape index (κ2) is 9.28. The number of benzene rings is 2. The Morgan fingerprint density at radius 3 is 2.55 bits per heavy atom. The maximum absolute atomic E-state index is 13.1. The summed E-state index contributed by atoms with van der Waals surface area (Å²) >= 11 is 11.6. The molecule has 0 aliphatic heterocycles. The summed E-state index contributed by atoms with van der Waals surface area (Å²) in [5.74, 6) is 0.774. The molecule has 2 heterocycles. The topological polar surface area (TPSA) is 59.7 Å². The molecule has 0 radical (unpaired) electrons. The van der Waals surface area contributed by atoms with Gasteiger partial charge in [-0.2, -0.15) is 10.2 Å². The predicted octanol–water partition coefficient (Wildman–Crippen LogP) is 5.09. The maximum Gasteiger partial charge on any atom is 0.177 e. The minimum atomic E-state index is -0.276. The van der Waals surface area contributed by atoms with Crippen LogP contribution in [-0.4, -0.2) is 24.7 Å². The molecule has 4 aromatic rings. The van der Waals surface area contributed by atoms with Crippen LogP contribution in [0.25, 0.3) is 0 Å². The van der Waals surface area contributed by atoms with Crippen molar-refractivity contribution in [1.82, 2.24) is 19.6 Å². The Labute approximate surface area is 189 Å². The molecule has 9 heteroatoms. The summed E-state index contributed by atoms with van der Waals surface area (Å²) in [4.78, 5) is 0. The van der Waals surface area contributed by atoms with Gasteiger partial charge in [0.2, 0.25) is 0 Å². The highest BCUT2D eigenvalue weighted by Crippen LogP contribution is 2.20. The minimum Gasteiger partial charge on any atom is -0.316 e. The lowest BCUT2D eigenvalue weighted by atomic mass is 10.1. The number of aryl methyl sites for hydroxylation is 1. The Hall–Kier alpha value is -3.23. The van der Waals surface area contributed by atoms with E-state index in [0.29, 0.717) is 34.9 Å². The molecule has 0 saturated carbocycles. The number of anilines is 2. The van der Waals surface area contributed by atoms with E-state index in [9.17, 15) is 4.39 Å². The highest BCUT2D eigenvalue weighted by Gasteiger charge is 2.10. The van der Waals surface area contributed by atoms with Crippen LogP contribution in [0.2, 0.25) is 5.02 Å². The first-order chi connectivity index (χ1) is 15.0. The lowest BCUT2D eigenvalue weighted by Crippen LogP contribution is -2.20. The molecule has 158 valence electrons.